The summed E-state index contributed by atoms with van der Waals surface area (Å²) in [7, 11) is 0. The smallest absolute Gasteiger partial charge is 0.331 e. The van der Waals surface area contributed by atoms with E-state index in [1.165, 1.54) is 9.46 Å². The predicted molar refractivity (Wildman–Crippen MR) is 146 cm³/mol. The molecule has 35 heavy (non-hydrogen) atoms. The van der Waals surface area contributed by atoms with Crippen LogP contribution in [0.25, 0.3) is 10.9 Å². The lowest BCUT2D eigenvalue weighted by Crippen LogP contribution is -2.39. The molecule has 0 fully saturated rings. The first-order chi connectivity index (χ1) is 16.9. The molecule has 2 aromatic carbocycles. The average molecular weight is 499 g/mol. The number of nitrogens with zero attached hydrogens (tertiary/aromatic N) is 2. The number of benzene rings is 2. The van der Waals surface area contributed by atoms with Gasteiger partial charge in [-0.2, -0.15) is 0 Å². The molecular weight excluding hydrogens is 460 g/mol. The van der Waals surface area contributed by atoms with Crippen LogP contribution in [-0.4, -0.2) is 27.8 Å². The first-order valence-electron chi connectivity index (χ1n) is 12.4. The quantitative estimate of drug-likeness (QED) is 0.324. The Morgan fingerprint density at radius 2 is 1.66 bits per heavy atom. The zero-order valence-electron chi connectivity index (χ0n) is 21.8. The third-order valence-corrected chi connectivity index (χ3v) is 6.58. The van der Waals surface area contributed by atoms with Crippen LogP contribution >= 0.6 is 11.8 Å². The molecule has 0 aliphatic heterocycles. The molecule has 0 saturated heterocycles. The Morgan fingerprint density at radius 3 is 2.26 bits per heavy atom. The first kappa shape index (κ1) is 28.4. The predicted octanol–water partition coefficient (Wildman–Crippen LogP) is 5.56. The van der Waals surface area contributed by atoms with Crippen molar-refractivity contribution in [2.24, 2.45) is 5.92 Å². The van der Waals surface area contributed by atoms with E-state index in [1.54, 1.807) is 35.4 Å². The Bertz CT molecular complexity index is 1230. The van der Waals surface area contributed by atoms with Crippen LogP contribution in [0.3, 0.4) is 0 Å². The fourth-order valence-corrected chi connectivity index (χ4v) is 4.41. The van der Waals surface area contributed by atoms with E-state index in [4.69, 9.17) is 4.74 Å². The third kappa shape index (κ3) is 7.34. The average Bonchev–Trinajstić information content (AvgIpc) is 2.86. The summed E-state index contributed by atoms with van der Waals surface area (Å²) < 4.78 is 8.65. The number of carbonyl (C=O) groups excluding carboxylic acids is 1. The van der Waals surface area contributed by atoms with Crippen LogP contribution in [0, 0.1) is 5.92 Å². The molecule has 7 heteroatoms. The number of thioether (sulfide) groups is 1. The summed E-state index contributed by atoms with van der Waals surface area (Å²) in [6.07, 6.45) is 3.56. The van der Waals surface area contributed by atoms with Crippen molar-refractivity contribution in [3.8, 4) is 5.75 Å². The summed E-state index contributed by atoms with van der Waals surface area (Å²) in [4.78, 5) is 39.2. The van der Waals surface area contributed by atoms with E-state index in [2.05, 4.69) is 6.92 Å². The highest BCUT2D eigenvalue weighted by Gasteiger charge is 2.14. The van der Waals surface area contributed by atoms with Crippen molar-refractivity contribution in [1.82, 2.24) is 9.13 Å². The van der Waals surface area contributed by atoms with Crippen LogP contribution < -0.4 is 16.0 Å². The second-order valence-electron chi connectivity index (χ2n) is 8.27. The summed E-state index contributed by atoms with van der Waals surface area (Å²) in [6.45, 7) is 11.1. The van der Waals surface area contributed by atoms with Crippen LogP contribution in [0.4, 0.5) is 0 Å². The lowest BCUT2D eigenvalue weighted by Gasteiger charge is -2.13. The molecule has 190 valence electrons. The number of ether oxygens (including phenoxy) is 1. The van der Waals surface area contributed by atoms with Gasteiger partial charge in [-0.1, -0.05) is 26.8 Å². The normalized spacial score (nSPS) is 11.6. The minimum atomic E-state index is -0.299. The van der Waals surface area contributed by atoms with E-state index >= 15 is 0 Å². The number of hydrogen-bond donors (Lipinski definition) is 0. The number of Topliss-reactive ketones (excluding diaryl/α,β-unsaturated/α-hetero) is 1. The molecule has 0 saturated carbocycles. The zero-order valence-corrected chi connectivity index (χ0v) is 22.6. The van der Waals surface area contributed by atoms with Gasteiger partial charge >= 0.3 is 5.69 Å². The van der Waals surface area contributed by atoms with Gasteiger partial charge in [-0.3, -0.25) is 18.7 Å². The van der Waals surface area contributed by atoms with E-state index in [9.17, 15) is 14.4 Å². The summed E-state index contributed by atoms with van der Waals surface area (Å²) >= 11 is 1.69. The summed E-state index contributed by atoms with van der Waals surface area (Å²) in [5, 5.41) is 0.484. The van der Waals surface area contributed by atoms with Crippen LogP contribution in [-0.2, 0) is 24.3 Å². The lowest BCUT2D eigenvalue weighted by molar-refractivity contribution is -0.119. The molecule has 0 N–H and O–H groups in total. The summed E-state index contributed by atoms with van der Waals surface area (Å²) in [5.74, 6) is 1.17. The van der Waals surface area contributed by atoms with E-state index in [0.29, 0.717) is 37.0 Å². The Hall–Kier alpha value is -2.80. The molecule has 0 aliphatic carbocycles. The van der Waals surface area contributed by atoms with Crippen molar-refractivity contribution < 1.29 is 9.53 Å². The molecule has 1 heterocycles. The van der Waals surface area contributed by atoms with Crippen molar-refractivity contribution in [1.29, 1.82) is 0 Å². The Balaban J connectivity index is 0.00000210. The molecule has 0 radical (unpaired) electrons. The van der Waals surface area contributed by atoms with Crippen LogP contribution in [0.15, 0.2) is 56.9 Å². The van der Waals surface area contributed by atoms with Gasteiger partial charge in [-0.05, 0) is 74.4 Å². The van der Waals surface area contributed by atoms with Gasteiger partial charge < -0.3 is 4.74 Å². The summed E-state index contributed by atoms with van der Waals surface area (Å²) in [5.41, 5.74) is 0.820. The van der Waals surface area contributed by atoms with Crippen LogP contribution in [0.1, 0.15) is 53.0 Å². The van der Waals surface area contributed by atoms with E-state index in [1.807, 2.05) is 57.4 Å². The monoisotopic (exact) mass is 498 g/mol. The standard InChI is InChI=1S/C26H32N2O4S.C2H6/c1-5-27-24-12-7-19(17-23(24)25(30)28(6-2)26(27)31)16-20(29)15-18(3)13-14-32-21-8-10-22(33-4)11-9-21;1-2/h7-12,17-18H,5-6,13-16H2,1-4H3;1-2H3. The van der Waals surface area contributed by atoms with E-state index in [0.717, 1.165) is 17.7 Å². The highest BCUT2D eigenvalue weighted by molar-refractivity contribution is 7.98. The first-order valence-corrected chi connectivity index (χ1v) is 13.6. The number of hydrogen-bond acceptors (Lipinski definition) is 5. The summed E-state index contributed by atoms with van der Waals surface area (Å²) in [6, 6.07) is 13.4. The van der Waals surface area contributed by atoms with Gasteiger partial charge in [-0.25, -0.2) is 4.79 Å². The molecule has 0 spiro atoms. The van der Waals surface area contributed by atoms with Gasteiger partial charge in [0.05, 0.1) is 17.5 Å². The van der Waals surface area contributed by atoms with Gasteiger partial charge in [-0.15, -0.1) is 11.8 Å². The van der Waals surface area contributed by atoms with Crippen molar-refractivity contribution in [2.75, 3.05) is 12.9 Å². The van der Waals surface area contributed by atoms with Gasteiger partial charge in [0.2, 0.25) is 0 Å². The van der Waals surface area contributed by atoms with E-state index < -0.39 is 0 Å². The fourth-order valence-electron chi connectivity index (χ4n) is 4.01. The fraction of sp³-hybridized carbons (Fsp3) is 0.464. The van der Waals surface area contributed by atoms with Crippen LogP contribution in [0.2, 0.25) is 0 Å². The lowest BCUT2D eigenvalue weighted by atomic mass is 9.97. The van der Waals surface area contributed by atoms with Crippen molar-refractivity contribution in [3.05, 3.63) is 68.9 Å². The number of aryl methyl sites for hydroxylation is 1. The molecule has 1 unspecified atom stereocenters. The minimum Gasteiger partial charge on any atom is -0.494 e. The molecule has 1 atom stereocenters. The van der Waals surface area contributed by atoms with Gasteiger partial charge in [0.1, 0.15) is 11.5 Å². The number of fused-ring (bicyclic) bond motifs is 1. The minimum absolute atomic E-state index is 0.130. The molecule has 3 aromatic rings. The van der Waals surface area contributed by atoms with Gasteiger partial charge in [0, 0.05) is 30.8 Å². The third-order valence-electron chi connectivity index (χ3n) is 5.84. The highest BCUT2D eigenvalue weighted by atomic mass is 32.2. The Morgan fingerprint density at radius 1 is 1.00 bits per heavy atom. The van der Waals surface area contributed by atoms with Crippen molar-refractivity contribution in [3.63, 3.8) is 0 Å². The van der Waals surface area contributed by atoms with Crippen LogP contribution in [0.5, 0.6) is 5.75 Å². The maximum atomic E-state index is 12.8. The Labute approximate surface area is 212 Å². The van der Waals surface area contributed by atoms with Crippen molar-refractivity contribution >= 4 is 28.4 Å². The number of ketones is 1. The highest BCUT2D eigenvalue weighted by Crippen LogP contribution is 2.20. The zero-order chi connectivity index (χ0) is 26.0. The van der Waals surface area contributed by atoms with Gasteiger partial charge in [0.15, 0.2) is 0 Å². The molecule has 6 nitrogen and oxygen atoms in total. The van der Waals surface area contributed by atoms with Gasteiger partial charge in [0.25, 0.3) is 5.56 Å². The molecule has 0 bridgehead atoms. The molecule has 0 amide bonds. The molecule has 1 aromatic heterocycles. The van der Waals surface area contributed by atoms with E-state index in [-0.39, 0.29) is 29.4 Å². The topological polar surface area (TPSA) is 70.3 Å². The Kier molecular flexibility index (Phi) is 11.3. The maximum Gasteiger partial charge on any atom is 0.331 e. The SMILES string of the molecule is CC.CCn1c(=O)c2cc(CC(=O)CC(C)CCOc3ccc(SC)cc3)ccc2n(CC)c1=O. The molecule has 3 rings (SSSR count). The second kappa shape index (κ2) is 13.9. The maximum absolute atomic E-state index is 12.8. The largest absolute Gasteiger partial charge is 0.494 e. The molecular formula is C28H38N2O4S. The second-order valence-corrected chi connectivity index (χ2v) is 9.14. The molecule has 0 aliphatic rings. The number of rotatable bonds is 11. The number of carbonyl (C=O) groups is 1. The van der Waals surface area contributed by atoms with Crippen molar-refractivity contribution in [2.45, 2.75) is 71.9 Å². The number of aromatic nitrogens is 2.